The van der Waals surface area contributed by atoms with Crippen molar-refractivity contribution in [3.05, 3.63) is 17.5 Å². The second kappa shape index (κ2) is 4.91. The van der Waals surface area contributed by atoms with Crippen LogP contribution in [0, 0.1) is 6.92 Å². The molecule has 1 rings (SSSR count). The average Bonchev–Trinajstić information content (AvgIpc) is 2.16. The Morgan fingerprint density at radius 3 is 2.79 bits per heavy atom. The molecule has 0 saturated carbocycles. The molecule has 4 nitrogen and oxygen atoms in total. The summed E-state index contributed by atoms with van der Waals surface area (Å²) in [6, 6.07) is 1.95. The van der Waals surface area contributed by atoms with Crippen molar-refractivity contribution < 1.29 is 5.11 Å². The zero-order valence-electron chi connectivity index (χ0n) is 8.91. The van der Waals surface area contributed by atoms with Crippen LogP contribution in [0.3, 0.4) is 0 Å². The minimum absolute atomic E-state index is 0.0125. The van der Waals surface area contributed by atoms with Gasteiger partial charge in [-0.1, -0.05) is 6.92 Å². The largest absolute Gasteiger partial charge is 0.394 e. The van der Waals surface area contributed by atoms with Crippen molar-refractivity contribution in [3.63, 3.8) is 0 Å². The number of anilines is 1. The molecule has 0 radical (unpaired) electrons. The minimum Gasteiger partial charge on any atom is -0.394 e. The predicted molar refractivity (Wildman–Crippen MR) is 56.3 cm³/mol. The molecule has 0 fully saturated rings. The van der Waals surface area contributed by atoms with Crippen molar-refractivity contribution in [1.29, 1.82) is 0 Å². The van der Waals surface area contributed by atoms with Crippen molar-refractivity contribution in [2.75, 3.05) is 11.9 Å². The highest BCUT2D eigenvalue weighted by atomic mass is 16.3. The fraction of sp³-hybridized carbons (Fsp3) is 0.600. The van der Waals surface area contributed by atoms with Crippen molar-refractivity contribution in [2.45, 2.75) is 33.2 Å². The lowest BCUT2D eigenvalue weighted by Crippen LogP contribution is -2.21. The van der Waals surface area contributed by atoms with Gasteiger partial charge in [0.15, 0.2) is 0 Å². The van der Waals surface area contributed by atoms with E-state index in [0.29, 0.717) is 5.95 Å². The van der Waals surface area contributed by atoms with Crippen LogP contribution in [0.1, 0.15) is 25.2 Å². The Kier molecular flexibility index (Phi) is 3.83. The van der Waals surface area contributed by atoms with Crippen LogP contribution in [0.4, 0.5) is 5.95 Å². The molecule has 14 heavy (non-hydrogen) atoms. The predicted octanol–water partition coefficient (Wildman–Crippen LogP) is 1.14. The van der Waals surface area contributed by atoms with Gasteiger partial charge in [-0.3, -0.25) is 0 Å². The second-order valence-corrected chi connectivity index (χ2v) is 3.41. The van der Waals surface area contributed by atoms with Gasteiger partial charge in [0.05, 0.1) is 6.61 Å². The van der Waals surface area contributed by atoms with E-state index in [9.17, 15) is 0 Å². The van der Waals surface area contributed by atoms with Gasteiger partial charge in [0.1, 0.15) is 0 Å². The van der Waals surface area contributed by atoms with Crippen molar-refractivity contribution in [1.82, 2.24) is 9.97 Å². The number of nitrogens with zero attached hydrogens (tertiary/aromatic N) is 2. The lowest BCUT2D eigenvalue weighted by Gasteiger charge is -2.11. The third kappa shape index (κ3) is 2.96. The maximum Gasteiger partial charge on any atom is 0.223 e. The number of nitrogens with one attached hydrogen (secondary N) is 1. The van der Waals surface area contributed by atoms with Crippen LogP contribution in [0.5, 0.6) is 0 Å². The number of aliphatic hydroxyl groups is 1. The molecule has 2 N–H and O–H groups in total. The Morgan fingerprint density at radius 2 is 2.21 bits per heavy atom. The van der Waals surface area contributed by atoms with Gasteiger partial charge in [0.2, 0.25) is 5.95 Å². The zero-order valence-corrected chi connectivity index (χ0v) is 8.91. The quantitative estimate of drug-likeness (QED) is 0.756. The first-order valence-electron chi connectivity index (χ1n) is 4.87. The van der Waals surface area contributed by atoms with Gasteiger partial charge in [-0.2, -0.15) is 0 Å². The van der Waals surface area contributed by atoms with E-state index in [-0.39, 0.29) is 12.6 Å². The first kappa shape index (κ1) is 10.9. The van der Waals surface area contributed by atoms with Gasteiger partial charge in [-0.15, -0.1) is 0 Å². The van der Waals surface area contributed by atoms with E-state index >= 15 is 0 Å². The van der Waals surface area contributed by atoms with Crippen LogP contribution >= 0.6 is 0 Å². The zero-order chi connectivity index (χ0) is 10.6. The van der Waals surface area contributed by atoms with Crippen molar-refractivity contribution in [2.24, 2.45) is 0 Å². The Balaban J connectivity index is 2.81. The number of aryl methyl sites for hydroxylation is 2. The standard InChI is InChI=1S/C10H17N3O/c1-4-9-5-7(2)11-10(13-9)12-8(3)6-14/h5,8,14H,4,6H2,1-3H3,(H,11,12,13)/t8-/m0/s1. The summed E-state index contributed by atoms with van der Waals surface area (Å²) in [4.78, 5) is 8.54. The molecular formula is C10H17N3O. The topological polar surface area (TPSA) is 58.0 Å². The summed E-state index contributed by atoms with van der Waals surface area (Å²) in [6.45, 7) is 5.97. The summed E-state index contributed by atoms with van der Waals surface area (Å²) in [5.74, 6) is 0.600. The van der Waals surface area contributed by atoms with Crippen molar-refractivity contribution in [3.8, 4) is 0 Å². The molecule has 1 heterocycles. The molecule has 0 aliphatic carbocycles. The third-order valence-corrected chi connectivity index (χ3v) is 1.92. The monoisotopic (exact) mass is 195 g/mol. The maximum atomic E-state index is 8.87. The molecule has 0 aliphatic rings. The summed E-state index contributed by atoms with van der Waals surface area (Å²) < 4.78 is 0. The van der Waals surface area contributed by atoms with E-state index in [2.05, 4.69) is 22.2 Å². The average molecular weight is 195 g/mol. The van der Waals surface area contributed by atoms with E-state index in [4.69, 9.17) is 5.11 Å². The molecule has 78 valence electrons. The molecule has 0 saturated heterocycles. The van der Waals surface area contributed by atoms with E-state index in [1.54, 1.807) is 0 Å². The molecular weight excluding hydrogens is 178 g/mol. The number of rotatable bonds is 4. The molecule has 0 aliphatic heterocycles. The Labute approximate surface area is 84.4 Å². The highest BCUT2D eigenvalue weighted by molar-refractivity contribution is 5.29. The highest BCUT2D eigenvalue weighted by Gasteiger charge is 2.04. The van der Waals surface area contributed by atoms with E-state index in [0.717, 1.165) is 17.8 Å². The number of aromatic nitrogens is 2. The fourth-order valence-electron chi connectivity index (χ4n) is 1.15. The molecule has 0 amide bonds. The van der Waals surface area contributed by atoms with Crippen LogP contribution in [-0.4, -0.2) is 27.7 Å². The molecule has 1 aromatic rings. The van der Waals surface area contributed by atoms with Crippen LogP contribution in [0.25, 0.3) is 0 Å². The third-order valence-electron chi connectivity index (χ3n) is 1.92. The molecule has 1 atom stereocenters. The number of hydrogen-bond donors (Lipinski definition) is 2. The molecule has 0 spiro atoms. The van der Waals surface area contributed by atoms with E-state index < -0.39 is 0 Å². The summed E-state index contributed by atoms with van der Waals surface area (Å²) >= 11 is 0. The van der Waals surface area contributed by atoms with E-state index in [1.165, 1.54) is 0 Å². The lowest BCUT2D eigenvalue weighted by atomic mass is 10.3. The first-order valence-corrected chi connectivity index (χ1v) is 4.87. The summed E-state index contributed by atoms with van der Waals surface area (Å²) in [6.07, 6.45) is 0.894. The smallest absolute Gasteiger partial charge is 0.223 e. The Morgan fingerprint density at radius 1 is 1.50 bits per heavy atom. The summed E-state index contributed by atoms with van der Waals surface area (Å²) in [5, 5.41) is 11.9. The molecule has 1 aromatic heterocycles. The highest BCUT2D eigenvalue weighted by Crippen LogP contribution is 2.06. The van der Waals surface area contributed by atoms with Crippen LogP contribution in [-0.2, 0) is 6.42 Å². The van der Waals surface area contributed by atoms with Gasteiger partial charge in [0, 0.05) is 17.4 Å². The SMILES string of the molecule is CCc1cc(C)nc(N[C@@H](C)CO)n1. The second-order valence-electron chi connectivity index (χ2n) is 3.41. The van der Waals surface area contributed by atoms with Crippen LogP contribution in [0.2, 0.25) is 0 Å². The van der Waals surface area contributed by atoms with Crippen LogP contribution < -0.4 is 5.32 Å². The Hall–Kier alpha value is -1.16. The van der Waals surface area contributed by atoms with Gasteiger partial charge < -0.3 is 10.4 Å². The van der Waals surface area contributed by atoms with E-state index in [1.807, 2.05) is 19.9 Å². The minimum atomic E-state index is -0.0125. The van der Waals surface area contributed by atoms with Gasteiger partial charge in [0.25, 0.3) is 0 Å². The fourth-order valence-corrected chi connectivity index (χ4v) is 1.15. The van der Waals surface area contributed by atoms with Crippen molar-refractivity contribution >= 4 is 5.95 Å². The summed E-state index contributed by atoms with van der Waals surface area (Å²) in [5.41, 5.74) is 1.97. The molecule has 0 aromatic carbocycles. The maximum absolute atomic E-state index is 8.87. The Bertz CT molecular complexity index is 301. The molecule has 0 bridgehead atoms. The van der Waals surface area contributed by atoms with Gasteiger partial charge in [-0.05, 0) is 26.3 Å². The lowest BCUT2D eigenvalue weighted by molar-refractivity contribution is 0.281. The van der Waals surface area contributed by atoms with Crippen LogP contribution in [0.15, 0.2) is 6.07 Å². The molecule has 0 unspecified atom stereocenters. The number of aliphatic hydroxyl groups excluding tert-OH is 1. The van der Waals surface area contributed by atoms with Gasteiger partial charge in [-0.25, -0.2) is 9.97 Å². The van der Waals surface area contributed by atoms with Gasteiger partial charge >= 0.3 is 0 Å². The normalized spacial score (nSPS) is 12.6. The summed E-state index contributed by atoms with van der Waals surface area (Å²) in [7, 11) is 0. The first-order chi connectivity index (χ1) is 6.65. The molecule has 4 heteroatoms. The number of hydrogen-bond acceptors (Lipinski definition) is 4.